The van der Waals surface area contributed by atoms with E-state index in [9.17, 15) is 14.4 Å². The average molecular weight is 507 g/mol. The highest BCUT2D eigenvalue weighted by atomic mass is 35.5. The number of nitrogens with zero attached hydrogens (tertiary/aromatic N) is 1. The molecule has 0 unspecified atom stereocenters. The standard InChI is InChI=1S/C26H19ClN2O7/c1-33-22-11-15(6-8-20(22)34-13-16-4-2-3-5-19(16)27)10-18-24(30)28-26(32)29(25(18)31)17-7-9-21-23(12-17)36-14-35-21/h2-12H,13-14H2,1H3,(H,28,30,32)/b18-10+. The number of barbiturate groups is 1. The summed E-state index contributed by atoms with van der Waals surface area (Å²) in [6.07, 6.45) is 1.38. The molecule has 3 aromatic carbocycles. The summed E-state index contributed by atoms with van der Waals surface area (Å²) in [6, 6.07) is 16.0. The first-order valence-electron chi connectivity index (χ1n) is 10.8. The van der Waals surface area contributed by atoms with Gasteiger partial charge in [0, 0.05) is 16.7 Å². The Morgan fingerprint density at radius 1 is 1.00 bits per heavy atom. The molecule has 1 fully saturated rings. The number of benzene rings is 3. The SMILES string of the molecule is COc1cc(/C=C2\C(=O)NC(=O)N(c3ccc4c(c3)OCO4)C2=O)ccc1OCc1ccccc1Cl. The number of imide groups is 2. The van der Waals surface area contributed by atoms with E-state index in [2.05, 4.69) is 5.32 Å². The fourth-order valence-corrected chi connectivity index (χ4v) is 3.94. The highest BCUT2D eigenvalue weighted by molar-refractivity contribution is 6.39. The number of rotatable bonds is 6. The molecule has 2 aliphatic rings. The lowest BCUT2D eigenvalue weighted by Gasteiger charge is -2.26. The molecule has 0 saturated carbocycles. The molecule has 10 heteroatoms. The zero-order chi connectivity index (χ0) is 25.2. The fourth-order valence-electron chi connectivity index (χ4n) is 3.75. The van der Waals surface area contributed by atoms with Crippen LogP contribution in [0.3, 0.4) is 0 Å². The van der Waals surface area contributed by atoms with Crippen molar-refractivity contribution in [1.82, 2.24) is 5.32 Å². The lowest BCUT2D eigenvalue weighted by Crippen LogP contribution is -2.54. The Hall–Kier alpha value is -4.50. The molecule has 0 aromatic heterocycles. The summed E-state index contributed by atoms with van der Waals surface area (Å²) in [5.74, 6) is 0.160. The maximum absolute atomic E-state index is 13.2. The molecule has 1 N–H and O–H groups in total. The molecule has 4 amide bonds. The average Bonchev–Trinajstić information content (AvgIpc) is 3.34. The second kappa shape index (κ2) is 9.63. The number of ether oxygens (including phenoxy) is 4. The first kappa shape index (κ1) is 23.3. The van der Waals surface area contributed by atoms with Crippen molar-refractivity contribution < 1.29 is 33.3 Å². The largest absolute Gasteiger partial charge is 0.493 e. The molecule has 36 heavy (non-hydrogen) atoms. The lowest BCUT2D eigenvalue weighted by molar-refractivity contribution is -0.122. The van der Waals surface area contributed by atoms with E-state index >= 15 is 0 Å². The van der Waals surface area contributed by atoms with Crippen molar-refractivity contribution >= 4 is 41.2 Å². The van der Waals surface area contributed by atoms with E-state index < -0.39 is 17.8 Å². The van der Waals surface area contributed by atoms with Gasteiger partial charge in [-0.15, -0.1) is 0 Å². The maximum atomic E-state index is 13.2. The second-order valence-electron chi connectivity index (χ2n) is 7.79. The maximum Gasteiger partial charge on any atom is 0.335 e. The van der Waals surface area contributed by atoms with Gasteiger partial charge in [0.05, 0.1) is 12.8 Å². The molecule has 0 radical (unpaired) electrons. The molecule has 0 aliphatic carbocycles. The molecule has 0 spiro atoms. The number of anilines is 1. The van der Waals surface area contributed by atoms with Gasteiger partial charge < -0.3 is 18.9 Å². The zero-order valence-corrected chi connectivity index (χ0v) is 19.7. The molecule has 2 heterocycles. The number of amides is 4. The Bertz CT molecular complexity index is 1420. The summed E-state index contributed by atoms with van der Waals surface area (Å²) >= 11 is 6.19. The van der Waals surface area contributed by atoms with Gasteiger partial charge in [0.25, 0.3) is 11.8 Å². The number of urea groups is 1. The van der Waals surface area contributed by atoms with E-state index in [-0.39, 0.29) is 24.7 Å². The van der Waals surface area contributed by atoms with Crippen LogP contribution in [-0.2, 0) is 16.2 Å². The lowest BCUT2D eigenvalue weighted by atomic mass is 10.1. The quantitative estimate of drug-likeness (QED) is 0.392. The van der Waals surface area contributed by atoms with Crippen molar-refractivity contribution in [2.75, 3.05) is 18.8 Å². The number of carbonyl (C=O) groups is 3. The minimum atomic E-state index is -0.859. The molecule has 3 aromatic rings. The van der Waals surface area contributed by atoms with Gasteiger partial charge in [-0.05, 0) is 42.0 Å². The van der Waals surface area contributed by atoms with Gasteiger partial charge in [0.15, 0.2) is 23.0 Å². The Labute approximate surface area is 210 Å². The van der Waals surface area contributed by atoms with Gasteiger partial charge in [-0.1, -0.05) is 35.9 Å². The van der Waals surface area contributed by atoms with E-state index in [4.69, 9.17) is 30.5 Å². The van der Waals surface area contributed by atoms with Gasteiger partial charge in [-0.25, -0.2) is 9.69 Å². The summed E-state index contributed by atoms with van der Waals surface area (Å²) in [6.45, 7) is 0.270. The van der Waals surface area contributed by atoms with Gasteiger partial charge in [-0.2, -0.15) is 0 Å². The molecule has 182 valence electrons. The molecule has 0 atom stereocenters. The molecule has 0 bridgehead atoms. The number of hydrogen-bond donors (Lipinski definition) is 1. The van der Waals surface area contributed by atoms with E-state index in [1.165, 1.54) is 25.3 Å². The van der Waals surface area contributed by atoms with Crippen molar-refractivity contribution in [3.8, 4) is 23.0 Å². The molecule has 2 aliphatic heterocycles. The van der Waals surface area contributed by atoms with Crippen molar-refractivity contribution in [3.05, 3.63) is 82.4 Å². The molecular formula is C26H19ClN2O7. The second-order valence-corrected chi connectivity index (χ2v) is 8.19. The Kier molecular flexibility index (Phi) is 6.22. The van der Waals surface area contributed by atoms with Crippen molar-refractivity contribution in [2.24, 2.45) is 0 Å². The van der Waals surface area contributed by atoms with Gasteiger partial charge in [0.1, 0.15) is 12.2 Å². The van der Waals surface area contributed by atoms with E-state index in [0.717, 1.165) is 10.5 Å². The normalized spacial score (nSPS) is 15.8. The first-order valence-corrected chi connectivity index (χ1v) is 11.2. The summed E-state index contributed by atoms with van der Waals surface area (Å²) < 4.78 is 21.9. The predicted molar refractivity (Wildman–Crippen MR) is 130 cm³/mol. The number of fused-ring (bicyclic) bond motifs is 1. The van der Waals surface area contributed by atoms with Crippen LogP contribution in [-0.4, -0.2) is 31.7 Å². The van der Waals surface area contributed by atoms with Crippen LogP contribution in [0.25, 0.3) is 6.08 Å². The summed E-state index contributed by atoms with van der Waals surface area (Å²) in [4.78, 5) is 39.1. The van der Waals surface area contributed by atoms with Crippen LogP contribution >= 0.6 is 11.6 Å². The van der Waals surface area contributed by atoms with Crippen molar-refractivity contribution in [3.63, 3.8) is 0 Å². The van der Waals surface area contributed by atoms with Crippen LogP contribution in [0.2, 0.25) is 5.02 Å². The third-order valence-electron chi connectivity index (χ3n) is 5.56. The zero-order valence-electron chi connectivity index (χ0n) is 18.9. The smallest absolute Gasteiger partial charge is 0.335 e. The third kappa shape index (κ3) is 4.44. The van der Waals surface area contributed by atoms with Gasteiger partial charge in [0.2, 0.25) is 6.79 Å². The number of hydrogen-bond acceptors (Lipinski definition) is 7. The number of halogens is 1. The minimum absolute atomic E-state index is 0.0441. The van der Waals surface area contributed by atoms with Crippen molar-refractivity contribution in [2.45, 2.75) is 6.61 Å². The fraction of sp³-hybridized carbons (Fsp3) is 0.115. The monoisotopic (exact) mass is 506 g/mol. The van der Waals surface area contributed by atoms with Crippen LogP contribution in [0.5, 0.6) is 23.0 Å². The topological polar surface area (TPSA) is 103 Å². The number of methoxy groups -OCH3 is 1. The summed E-state index contributed by atoms with van der Waals surface area (Å²) in [5.41, 5.74) is 1.32. The first-order chi connectivity index (χ1) is 17.4. The van der Waals surface area contributed by atoms with Crippen LogP contribution in [0, 0.1) is 0 Å². The minimum Gasteiger partial charge on any atom is -0.493 e. The summed E-state index contributed by atoms with van der Waals surface area (Å²) in [7, 11) is 1.48. The number of nitrogens with one attached hydrogen (secondary N) is 1. The molecular weight excluding hydrogens is 488 g/mol. The van der Waals surface area contributed by atoms with Crippen LogP contribution in [0.1, 0.15) is 11.1 Å². The van der Waals surface area contributed by atoms with E-state index in [1.807, 2.05) is 18.2 Å². The van der Waals surface area contributed by atoms with Crippen molar-refractivity contribution in [1.29, 1.82) is 0 Å². The van der Waals surface area contributed by atoms with E-state index in [1.54, 1.807) is 30.3 Å². The molecule has 9 nitrogen and oxygen atoms in total. The van der Waals surface area contributed by atoms with Gasteiger partial charge >= 0.3 is 6.03 Å². The Morgan fingerprint density at radius 2 is 1.81 bits per heavy atom. The number of carbonyl (C=O) groups excluding carboxylic acids is 3. The highest BCUT2D eigenvalue weighted by Gasteiger charge is 2.37. The Morgan fingerprint density at radius 3 is 2.61 bits per heavy atom. The van der Waals surface area contributed by atoms with Crippen LogP contribution in [0.4, 0.5) is 10.5 Å². The highest BCUT2D eigenvalue weighted by Crippen LogP contribution is 2.36. The Balaban J connectivity index is 1.40. The molecule has 5 rings (SSSR count). The van der Waals surface area contributed by atoms with E-state index in [0.29, 0.717) is 33.6 Å². The van der Waals surface area contributed by atoms with Gasteiger partial charge in [-0.3, -0.25) is 14.9 Å². The molecule has 1 saturated heterocycles. The van der Waals surface area contributed by atoms with Crippen LogP contribution < -0.4 is 29.2 Å². The predicted octanol–water partition coefficient (Wildman–Crippen LogP) is 4.32. The third-order valence-corrected chi connectivity index (χ3v) is 5.92. The van der Waals surface area contributed by atoms with Crippen LogP contribution in [0.15, 0.2) is 66.2 Å². The summed E-state index contributed by atoms with van der Waals surface area (Å²) in [5, 5.41) is 2.78.